The highest BCUT2D eigenvalue weighted by molar-refractivity contribution is 5.90. The summed E-state index contributed by atoms with van der Waals surface area (Å²) < 4.78 is 7.41. The van der Waals surface area contributed by atoms with Gasteiger partial charge in [0, 0.05) is 42.1 Å². The van der Waals surface area contributed by atoms with Crippen LogP contribution in [0.5, 0.6) is 0 Å². The van der Waals surface area contributed by atoms with Crippen molar-refractivity contribution in [3.8, 4) is 11.3 Å². The van der Waals surface area contributed by atoms with Gasteiger partial charge in [0.15, 0.2) is 5.65 Å². The van der Waals surface area contributed by atoms with E-state index in [1.807, 2.05) is 4.52 Å². The van der Waals surface area contributed by atoms with Crippen molar-refractivity contribution in [2.75, 3.05) is 18.5 Å². The van der Waals surface area contributed by atoms with Gasteiger partial charge in [0.05, 0.1) is 22.3 Å². The summed E-state index contributed by atoms with van der Waals surface area (Å²) in [5.41, 5.74) is 8.86. The number of hydrogen-bond donors (Lipinski definition) is 3. The molecule has 4 aromatic heterocycles. The molecule has 1 aliphatic carbocycles. The van der Waals surface area contributed by atoms with Crippen molar-refractivity contribution >= 4 is 22.5 Å². The maximum absolute atomic E-state index is 5.54. The van der Waals surface area contributed by atoms with Crippen molar-refractivity contribution in [3.63, 3.8) is 0 Å². The van der Waals surface area contributed by atoms with Crippen LogP contribution in [0.15, 0.2) is 24.7 Å². The first-order chi connectivity index (χ1) is 17.2. The van der Waals surface area contributed by atoms with E-state index in [9.17, 15) is 0 Å². The van der Waals surface area contributed by atoms with Crippen LogP contribution in [0, 0.1) is 13.8 Å². The number of ether oxygens (including phenoxy) is 1. The molecule has 6 rings (SSSR count). The number of H-pyrrole nitrogens is 1. The molecule has 0 bridgehead atoms. The molecule has 0 spiro atoms. The number of hydrogen-bond acceptors (Lipinski definition) is 6. The molecule has 8 heteroatoms. The number of anilines is 1. The molecular formula is C28H37N7O. The van der Waals surface area contributed by atoms with Gasteiger partial charge >= 0.3 is 0 Å². The Labute approximate surface area is 212 Å². The molecule has 0 radical (unpaired) electrons. The lowest BCUT2D eigenvalue weighted by atomic mass is 9.95. The first-order valence-corrected chi connectivity index (χ1v) is 13.2. The van der Waals surface area contributed by atoms with Crippen LogP contribution in [-0.4, -0.2) is 54.9 Å². The minimum atomic E-state index is -0.0328. The second-order valence-corrected chi connectivity index (χ2v) is 11.5. The van der Waals surface area contributed by atoms with E-state index >= 15 is 0 Å². The summed E-state index contributed by atoms with van der Waals surface area (Å²) in [4.78, 5) is 13.3. The van der Waals surface area contributed by atoms with Gasteiger partial charge in [-0.3, -0.25) is 0 Å². The number of aryl methyl sites for hydroxylation is 1. The van der Waals surface area contributed by atoms with Crippen molar-refractivity contribution in [2.45, 2.75) is 83.8 Å². The van der Waals surface area contributed by atoms with E-state index in [1.54, 1.807) is 6.33 Å². The molecular weight excluding hydrogens is 450 g/mol. The fourth-order valence-corrected chi connectivity index (χ4v) is 6.01. The topological polar surface area (TPSA) is 92.2 Å². The lowest BCUT2D eigenvalue weighted by molar-refractivity contribution is 0.0738. The number of rotatable bonds is 6. The summed E-state index contributed by atoms with van der Waals surface area (Å²) in [6.07, 6.45) is 6.93. The van der Waals surface area contributed by atoms with E-state index in [1.165, 1.54) is 11.1 Å². The molecule has 0 aromatic carbocycles. The van der Waals surface area contributed by atoms with Gasteiger partial charge in [0.2, 0.25) is 0 Å². The van der Waals surface area contributed by atoms with E-state index in [-0.39, 0.29) is 11.1 Å². The zero-order valence-corrected chi connectivity index (χ0v) is 22.2. The van der Waals surface area contributed by atoms with E-state index < -0.39 is 0 Å². The molecule has 1 saturated heterocycles. The molecule has 3 N–H and O–H groups in total. The maximum Gasteiger partial charge on any atom is 0.158 e. The van der Waals surface area contributed by atoms with Gasteiger partial charge in [-0.15, -0.1) is 0 Å². The number of nitrogens with zero attached hydrogens (tertiary/aromatic N) is 4. The van der Waals surface area contributed by atoms with Crippen molar-refractivity contribution in [2.24, 2.45) is 0 Å². The Morgan fingerprint density at radius 1 is 1.11 bits per heavy atom. The third kappa shape index (κ3) is 3.69. The predicted octanol–water partition coefficient (Wildman–Crippen LogP) is 5.11. The molecule has 5 heterocycles. The molecule has 2 fully saturated rings. The van der Waals surface area contributed by atoms with Gasteiger partial charge in [-0.25, -0.2) is 14.5 Å². The van der Waals surface area contributed by atoms with E-state index in [0.717, 1.165) is 71.8 Å². The van der Waals surface area contributed by atoms with Crippen LogP contribution in [0.25, 0.3) is 27.9 Å². The fraction of sp³-hybridized carbons (Fsp3) is 0.536. The first-order valence-electron chi connectivity index (χ1n) is 13.2. The monoisotopic (exact) mass is 487 g/mol. The molecule has 1 aliphatic heterocycles. The quantitative estimate of drug-likeness (QED) is 0.350. The van der Waals surface area contributed by atoms with Gasteiger partial charge in [-0.1, -0.05) is 13.8 Å². The summed E-state index contributed by atoms with van der Waals surface area (Å²) in [6.45, 7) is 15.1. The number of pyridine rings is 2. The lowest BCUT2D eigenvalue weighted by Crippen LogP contribution is -2.47. The maximum atomic E-state index is 5.54. The number of fused-ring (bicyclic) bond motifs is 2. The zero-order valence-electron chi connectivity index (χ0n) is 22.2. The molecule has 190 valence electrons. The molecule has 2 atom stereocenters. The average Bonchev–Trinajstić information content (AvgIpc) is 3.21. The first kappa shape index (κ1) is 23.4. The molecule has 4 aromatic rings. The Hall–Kier alpha value is -2.97. The minimum absolute atomic E-state index is 0.0328. The fourth-order valence-electron chi connectivity index (χ4n) is 6.01. The van der Waals surface area contributed by atoms with Gasteiger partial charge in [-0.05, 0) is 76.1 Å². The van der Waals surface area contributed by atoms with Crippen LogP contribution in [0.2, 0.25) is 0 Å². The van der Waals surface area contributed by atoms with Gasteiger partial charge in [0.1, 0.15) is 12.1 Å². The Balaban J connectivity index is 1.35. The van der Waals surface area contributed by atoms with Crippen LogP contribution in [0.3, 0.4) is 0 Å². The van der Waals surface area contributed by atoms with Crippen molar-refractivity contribution in [1.82, 2.24) is 29.9 Å². The summed E-state index contributed by atoms with van der Waals surface area (Å²) in [5, 5.41) is 12.1. The van der Waals surface area contributed by atoms with Crippen molar-refractivity contribution < 1.29 is 4.74 Å². The third-order valence-electron chi connectivity index (χ3n) is 8.60. The lowest BCUT2D eigenvalue weighted by Gasteiger charge is -2.30. The van der Waals surface area contributed by atoms with Crippen LogP contribution in [0.1, 0.15) is 69.6 Å². The highest BCUT2D eigenvalue weighted by Crippen LogP contribution is 2.50. The smallest absolute Gasteiger partial charge is 0.158 e. The number of aromatic nitrogens is 5. The largest absolute Gasteiger partial charge is 0.381 e. The second-order valence-electron chi connectivity index (χ2n) is 11.5. The average molecular weight is 488 g/mol. The zero-order chi connectivity index (χ0) is 25.2. The van der Waals surface area contributed by atoms with E-state index in [2.05, 4.69) is 85.6 Å². The Bertz CT molecular complexity index is 1450. The molecule has 1 saturated carbocycles. The van der Waals surface area contributed by atoms with Gasteiger partial charge < -0.3 is 20.4 Å². The van der Waals surface area contributed by atoms with E-state index in [4.69, 9.17) is 9.72 Å². The Morgan fingerprint density at radius 2 is 1.89 bits per heavy atom. The van der Waals surface area contributed by atoms with Crippen LogP contribution in [0.4, 0.5) is 5.82 Å². The summed E-state index contributed by atoms with van der Waals surface area (Å²) >= 11 is 0. The van der Waals surface area contributed by atoms with Crippen molar-refractivity contribution in [1.29, 1.82) is 0 Å². The highest BCUT2D eigenvalue weighted by Gasteiger charge is 2.62. The summed E-state index contributed by atoms with van der Waals surface area (Å²) in [6, 6.07) is 4.78. The van der Waals surface area contributed by atoms with Crippen molar-refractivity contribution in [3.05, 3.63) is 41.3 Å². The van der Waals surface area contributed by atoms with Gasteiger partial charge in [0.25, 0.3) is 0 Å². The molecule has 2 aliphatic rings. The van der Waals surface area contributed by atoms with Crippen LogP contribution in [-0.2, 0) is 4.74 Å². The normalized spacial score (nSPS) is 24.8. The summed E-state index contributed by atoms with van der Waals surface area (Å²) in [7, 11) is 0. The van der Waals surface area contributed by atoms with E-state index in [0.29, 0.717) is 12.0 Å². The molecule has 36 heavy (non-hydrogen) atoms. The third-order valence-corrected chi connectivity index (χ3v) is 8.60. The Morgan fingerprint density at radius 3 is 2.64 bits per heavy atom. The molecule has 1 unspecified atom stereocenters. The van der Waals surface area contributed by atoms with Crippen LogP contribution < -0.4 is 10.6 Å². The van der Waals surface area contributed by atoms with Crippen LogP contribution >= 0.6 is 0 Å². The summed E-state index contributed by atoms with van der Waals surface area (Å²) in [5.74, 6) is 1.23. The highest BCUT2D eigenvalue weighted by atomic mass is 16.5. The minimum Gasteiger partial charge on any atom is -0.381 e. The Kier molecular flexibility index (Phi) is 5.39. The second kappa shape index (κ2) is 8.28. The molecule has 0 amide bonds. The van der Waals surface area contributed by atoms with Gasteiger partial charge in [-0.2, -0.15) is 5.10 Å². The number of nitrogens with one attached hydrogen (secondary N) is 3. The predicted molar refractivity (Wildman–Crippen MR) is 144 cm³/mol. The SMILES string of the molecule is Cc1c(-c2[nH]c3ccc(N[C@]4(C)CC4(C)NC4CCOCC4)nc3c2C(C)C)cn2ncnc2c1C. The molecule has 8 nitrogen and oxygen atoms in total. The number of aromatic amines is 1. The standard InChI is InChI=1S/C28H37N7O/c1-16(2)23-24(20-13-35-26(29-15-30-35)18(4)17(20)3)31-21-7-8-22(32-25(21)23)34-28(6)14-27(28,5)33-19-9-11-36-12-10-19/h7-8,13,15-16,19,31,33H,9-12,14H2,1-6H3,(H,32,34)/t27?,28-/m1/s1.